The molecular weight excluding hydrogens is 210 g/mol. The summed E-state index contributed by atoms with van der Waals surface area (Å²) in [5.74, 6) is -0.958. The molecule has 6 heteroatoms. The first kappa shape index (κ1) is 11.1. The van der Waals surface area contributed by atoms with Gasteiger partial charge in [0.25, 0.3) is 0 Å². The zero-order chi connectivity index (χ0) is 11.4. The molecule has 1 rings (SSSR count). The summed E-state index contributed by atoms with van der Waals surface area (Å²) in [5.41, 5.74) is -0.524. The van der Waals surface area contributed by atoms with Crippen LogP contribution in [0.25, 0.3) is 0 Å². The van der Waals surface area contributed by atoms with Crippen LogP contribution in [0, 0.1) is 0 Å². The van der Waals surface area contributed by atoms with Gasteiger partial charge in [-0.2, -0.15) is 8.78 Å². The van der Waals surface area contributed by atoms with Crippen molar-refractivity contribution in [1.82, 2.24) is 0 Å². The highest BCUT2D eigenvalue weighted by Gasteiger charge is 2.14. The van der Waals surface area contributed by atoms with Crippen molar-refractivity contribution in [1.29, 1.82) is 0 Å². The molecule has 15 heavy (non-hydrogen) atoms. The standard InChI is InChI=1S/C9H6F2O4/c10-9(11)15-8-2-6(14)1-5(3-12)7(8)4-13/h1-4,9,14H. The Morgan fingerprint density at radius 2 is 1.93 bits per heavy atom. The number of benzene rings is 1. The zero-order valence-corrected chi connectivity index (χ0v) is 7.31. The molecule has 4 nitrogen and oxygen atoms in total. The number of phenols is 1. The smallest absolute Gasteiger partial charge is 0.387 e. The van der Waals surface area contributed by atoms with Crippen molar-refractivity contribution in [2.24, 2.45) is 0 Å². The predicted molar refractivity (Wildman–Crippen MR) is 45.5 cm³/mol. The van der Waals surface area contributed by atoms with Crippen LogP contribution in [0.1, 0.15) is 20.7 Å². The molecule has 0 radical (unpaired) electrons. The minimum absolute atomic E-state index is 0.208. The quantitative estimate of drug-likeness (QED) is 0.776. The summed E-state index contributed by atoms with van der Waals surface area (Å²) in [7, 11) is 0. The fourth-order valence-electron chi connectivity index (χ4n) is 1.05. The minimum atomic E-state index is -3.13. The number of ether oxygens (including phenoxy) is 1. The van der Waals surface area contributed by atoms with Crippen LogP contribution in [0.15, 0.2) is 12.1 Å². The minimum Gasteiger partial charge on any atom is -0.508 e. The van der Waals surface area contributed by atoms with Crippen molar-refractivity contribution in [3.05, 3.63) is 23.3 Å². The number of alkyl halides is 2. The second-order valence-electron chi connectivity index (χ2n) is 2.56. The SMILES string of the molecule is O=Cc1cc(O)cc(OC(F)F)c1C=O. The molecule has 0 saturated heterocycles. The van der Waals surface area contributed by atoms with Crippen molar-refractivity contribution in [2.75, 3.05) is 0 Å². The van der Waals surface area contributed by atoms with E-state index in [0.29, 0.717) is 0 Å². The fraction of sp³-hybridized carbons (Fsp3) is 0.111. The number of phenolic OH excluding ortho intramolecular Hbond substituents is 1. The number of aromatic hydroxyl groups is 1. The third-order valence-corrected chi connectivity index (χ3v) is 1.62. The third-order valence-electron chi connectivity index (χ3n) is 1.62. The average molecular weight is 216 g/mol. The van der Waals surface area contributed by atoms with Crippen molar-refractivity contribution in [3.8, 4) is 11.5 Å². The molecule has 1 aromatic rings. The van der Waals surface area contributed by atoms with Gasteiger partial charge in [-0.3, -0.25) is 9.59 Å². The first-order chi connectivity index (χ1) is 7.08. The first-order valence-corrected chi connectivity index (χ1v) is 3.80. The van der Waals surface area contributed by atoms with Crippen LogP contribution in [0.5, 0.6) is 11.5 Å². The van der Waals surface area contributed by atoms with Crippen molar-refractivity contribution in [2.45, 2.75) is 6.61 Å². The van der Waals surface area contributed by atoms with Crippen LogP contribution < -0.4 is 4.74 Å². The highest BCUT2D eigenvalue weighted by molar-refractivity contribution is 5.93. The molecule has 0 heterocycles. The van der Waals surface area contributed by atoms with Gasteiger partial charge in [-0.25, -0.2) is 0 Å². The monoisotopic (exact) mass is 216 g/mol. The van der Waals surface area contributed by atoms with E-state index in [2.05, 4.69) is 4.74 Å². The number of halogens is 2. The predicted octanol–water partition coefficient (Wildman–Crippen LogP) is 1.62. The Morgan fingerprint density at radius 3 is 2.40 bits per heavy atom. The molecule has 0 aliphatic rings. The molecule has 1 aromatic carbocycles. The highest BCUT2D eigenvalue weighted by atomic mass is 19.3. The highest BCUT2D eigenvalue weighted by Crippen LogP contribution is 2.27. The van der Waals surface area contributed by atoms with Crippen LogP contribution in [-0.2, 0) is 0 Å². The Morgan fingerprint density at radius 1 is 1.27 bits per heavy atom. The number of hydrogen-bond donors (Lipinski definition) is 1. The summed E-state index contributed by atoms with van der Waals surface area (Å²) >= 11 is 0. The Bertz CT molecular complexity index is 390. The molecule has 0 atom stereocenters. The van der Waals surface area contributed by atoms with E-state index in [1.807, 2.05) is 0 Å². The summed E-state index contributed by atoms with van der Waals surface area (Å²) in [4.78, 5) is 21.0. The maximum atomic E-state index is 11.9. The van der Waals surface area contributed by atoms with E-state index < -0.39 is 18.1 Å². The van der Waals surface area contributed by atoms with E-state index in [1.165, 1.54) is 0 Å². The summed E-state index contributed by atoms with van der Waals surface area (Å²) < 4.78 is 27.8. The van der Waals surface area contributed by atoms with Crippen LogP contribution in [0.2, 0.25) is 0 Å². The maximum Gasteiger partial charge on any atom is 0.387 e. The van der Waals surface area contributed by atoms with Gasteiger partial charge in [0.2, 0.25) is 0 Å². The number of rotatable bonds is 4. The second kappa shape index (κ2) is 4.50. The number of carbonyl (C=O) groups excluding carboxylic acids is 2. The molecule has 0 bridgehead atoms. The van der Waals surface area contributed by atoms with Gasteiger partial charge in [-0.15, -0.1) is 0 Å². The Hall–Kier alpha value is -1.98. The van der Waals surface area contributed by atoms with Crippen molar-refractivity contribution >= 4 is 12.6 Å². The lowest BCUT2D eigenvalue weighted by Gasteiger charge is -2.08. The van der Waals surface area contributed by atoms with Crippen LogP contribution >= 0.6 is 0 Å². The summed E-state index contributed by atoms with van der Waals surface area (Å²) in [6.07, 6.45) is 0.475. The van der Waals surface area contributed by atoms with Crippen molar-refractivity contribution in [3.63, 3.8) is 0 Å². The molecule has 80 valence electrons. The van der Waals surface area contributed by atoms with Gasteiger partial charge in [0.05, 0.1) is 5.56 Å². The van der Waals surface area contributed by atoms with E-state index >= 15 is 0 Å². The zero-order valence-electron chi connectivity index (χ0n) is 7.31. The summed E-state index contributed by atoms with van der Waals surface area (Å²) in [6, 6.07) is 1.82. The normalized spacial score (nSPS) is 10.1. The molecule has 0 aromatic heterocycles. The molecule has 0 unspecified atom stereocenters. The third kappa shape index (κ3) is 2.49. The van der Waals surface area contributed by atoms with Crippen LogP contribution in [0.4, 0.5) is 8.78 Å². The maximum absolute atomic E-state index is 11.9. The summed E-state index contributed by atoms with van der Waals surface area (Å²) in [5, 5.41) is 9.06. The lowest BCUT2D eigenvalue weighted by Crippen LogP contribution is -2.05. The molecule has 0 saturated carbocycles. The molecule has 0 aliphatic carbocycles. The van der Waals surface area contributed by atoms with E-state index in [0.717, 1.165) is 12.1 Å². The lowest BCUT2D eigenvalue weighted by molar-refractivity contribution is -0.0501. The van der Waals surface area contributed by atoms with E-state index in [1.54, 1.807) is 0 Å². The van der Waals surface area contributed by atoms with Gasteiger partial charge >= 0.3 is 6.61 Å². The molecule has 0 amide bonds. The van der Waals surface area contributed by atoms with E-state index in [9.17, 15) is 18.4 Å². The van der Waals surface area contributed by atoms with Crippen LogP contribution in [0.3, 0.4) is 0 Å². The number of carbonyl (C=O) groups is 2. The molecule has 0 fully saturated rings. The van der Waals surface area contributed by atoms with Gasteiger partial charge in [0.1, 0.15) is 11.5 Å². The number of hydrogen-bond acceptors (Lipinski definition) is 4. The molecule has 1 N–H and O–H groups in total. The van der Waals surface area contributed by atoms with Gasteiger partial charge < -0.3 is 9.84 Å². The first-order valence-electron chi connectivity index (χ1n) is 3.80. The van der Waals surface area contributed by atoms with E-state index in [-0.39, 0.29) is 23.7 Å². The summed E-state index contributed by atoms with van der Waals surface area (Å²) in [6.45, 7) is -3.13. The van der Waals surface area contributed by atoms with Gasteiger partial charge in [-0.05, 0) is 6.07 Å². The van der Waals surface area contributed by atoms with Crippen molar-refractivity contribution < 1.29 is 28.2 Å². The van der Waals surface area contributed by atoms with E-state index in [4.69, 9.17) is 5.11 Å². The molecular formula is C9H6F2O4. The number of aldehydes is 2. The largest absolute Gasteiger partial charge is 0.508 e. The molecule has 0 aliphatic heterocycles. The Kier molecular flexibility index (Phi) is 3.33. The van der Waals surface area contributed by atoms with Gasteiger partial charge in [0.15, 0.2) is 12.6 Å². The van der Waals surface area contributed by atoms with Gasteiger partial charge in [-0.1, -0.05) is 0 Å². The van der Waals surface area contributed by atoms with Crippen LogP contribution in [-0.4, -0.2) is 24.3 Å². The topological polar surface area (TPSA) is 63.6 Å². The Balaban J connectivity index is 3.28. The average Bonchev–Trinajstić information content (AvgIpc) is 2.15. The van der Waals surface area contributed by atoms with Gasteiger partial charge in [0, 0.05) is 11.6 Å². The molecule has 0 spiro atoms. The second-order valence-corrected chi connectivity index (χ2v) is 2.56. The Labute approximate surface area is 83.1 Å². The lowest BCUT2D eigenvalue weighted by atomic mass is 10.1. The fourth-order valence-corrected chi connectivity index (χ4v) is 1.05.